The Morgan fingerprint density at radius 3 is 2.50 bits per heavy atom. The maximum absolute atomic E-state index is 12.1. The van der Waals surface area contributed by atoms with Gasteiger partial charge in [-0.15, -0.1) is 0 Å². The van der Waals surface area contributed by atoms with Crippen molar-refractivity contribution in [3.8, 4) is 0 Å². The van der Waals surface area contributed by atoms with Gasteiger partial charge in [-0.3, -0.25) is 4.79 Å². The van der Waals surface area contributed by atoms with E-state index in [0.29, 0.717) is 36.1 Å². The minimum atomic E-state index is -0.141. The molecular formula is C20H33N3O3. The fourth-order valence-corrected chi connectivity index (χ4v) is 5.78. The molecule has 4 fully saturated rings. The van der Waals surface area contributed by atoms with Crippen molar-refractivity contribution in [3.05, 3.63) is 0 Å². The monoisotopic (exact) mass is 363 g/mol. The number of carbonyl (C=O) groups is 2. The van der Waals surface area contributed by atoms with E-state index >= 15 is 0 Å². The first-order valence-corrected chi connectivity index (χ1v) is 10.5. The molecular weight excluding hydrogens is 330 g/mol. The van der Waals surface area contributed by atoms with Crippen LogP contribution >= 0.6 is 0 Å². The minimum absolute atomic E-state index is 0.141. The lowest BCUT2D eigenvalue weighted by molar-refractivity contribution is -0.132. The van der Waals surface area contributed by atoms with Crippen LogP contribution in [0.3, 0.4) is 0 Å². The van der Waals surface area contributed by atoms with Gasteiger partial charge in [-0.25, -0.2) is 4.79 Å². The van der Waals surface area contributed by atoms with Gasteiger partial charge in [-0.2, -0.15) is 0 Å². The van der Waals surface area contributed by atoms with Gasteiger partial charge in [0.05, 0.1) is 6.61 Å². The Morgan fingerprint density at radius 1 is 1.15 bits per heavy atom. The van der Waals surface area contributed by atoms with E-state index in [0.717, 1.165) is 58.3 Å². The fourth-order valence-electron chi connectivity index (χ4n) is 5.78. The molecule has 6 nitrogen and oxygen atoms in total. The molecule has 3 saturated heterocycles. The van der Waals surface area contributed by atoms with Crippen LogP contribution in [0.25, 0.3) is 0 Å². The normalized spacial score (nSPS) is 36.0. The van der Waals surface area contributed by atoms with E-state index < -0.39 is 0 Å². The maximum atomic E-state index is 12.1. The molecule has 3 aliphatic heterocycles. The lowest BCUT2D eigenvalue weighted by Crippen LogP contribution is -2.56. The van der Waals surface area contributed by atoms with Crippen LogP contribution in [-0.2, 0) is 9.53 Å². The lowest BCUT2D eigenvalue weighted by Gasteiger charge is -2.52. The molecule has 146 valence electrons. The molecule has 0 aromatic rings. The summed E-state index contributed by atoms with van der Waals surface area (Å²) < 4.78 is 5.15. The maximum Gasteiger partial charge on any atom is 0.409 e. The van der Waals surface area contributed by atoms with Gasteiger partial charge >= 0.3 is 6.09 Å². The van der Waals surface area contributed by atoms with Gasteiger partial charge in [-0.05, 0) is 57.8 Å². The van der Waals surface area contributed by atoms with Crippen LogP contribution < -0.4 is 0 Å². The van der Waals surface area contributed by atoms with Gasteiger partial charge in [0, 0.05) is 50.7 Å². The second-order valence-electron chi connectivity index (χ2n) is 8.89. The molecule has 1 aliphatic carbocycles. The molecule has 4 aliphatic rings. The Bertz CT molecular complexity index is 553. The van der Waals surface area contributed by atoms with Crippen LogP contribution in [0.4, 0.5) is 4.79 Å². The summed E-state index contributed by atoms with van der Waals surface area (Å²) in [6, 6.07) is 1.55. The van der Waals surface area contributed by atoms with E-state index in [1.165, 1.54) is 12.8 Å². The average molecular weight is 364 g/mol. The van der Waals surface area contributed by atoms with Crippen molar-refractivity contribution in [1.82, 2.24) is 14.7 Å². The molecule has 1 spiro atoms. The SMILES string of the molecule is CCOC(=O)N1CCC2(CC(N3CCC(N4C(=O)CCC4C)CC3)C2)C1. The predicted molar refractivity (Wildman–Crippen MR) is 98.8 cm³/mol. The topological polar surface area (TPSA) is 53.1 Å². The Balaban J connectivity index is 1.24. The van der Waals surface area contributed by atoms with Crippen LogP contribution in [0.1, 0.15) is 58.8 Å². The smallest absolute Gasteiger partial charge is 0.409 e. The van der Waals surface area contributed by atoms with E-state index in [1.807, 2.05) is 11.8 Å². The molecule has 2 amide bonds. The Hall–Kier alpha value is -1.30. The van der Waals surface area contributed by atoms with Crippen LogP contribution in [0, 0.1) is 5.41 Å². The standard InChI is InChI=1S/C20H33N3O3/c1-3-26-19(25)22-11-8-20(14-22)12-17(13-20)21-9-6-16(7-10-21)23-15(2)4-5-18(23)24/h15-17H,3-14H2,1-2H3. The van der Waals surface area contributed by atoms with Crippen molar-refractivity contribution in [3.63, 3.8) is 0 Å². The molecule has 1 saturated carbocycles. The first-order chi connectivity index (χ1) is 12.5. The van der Waals surface area contributed by atoms with Gasteiger partial charge in [0.15, 0.2) is 0 Å². The van der Waals surface area contributed by atoms with Gasteiger partial charge in [0.1, 0.15) is 0 Å². The second kappa shape index (κ2) is 7.02. The summed E-state index contributed by atoms with van der Waals surface area (Å²) in [4.78, 5) is 30.8. The van der Waals surface area contributed by atoms with E-state index in [-0.39, 0.29) is 6.09 Å². The Labute approximate surface area is 156 Å². The molecule has 4 rings (SSSR count). The van der Waals surface area contributed by atoms with Crippen LogP contribution in [-0.4, -0.2) is 77.6 Å². The zero-order valence-corrected chi connectivity index (χ0v) is 16.3. The van der Waals surface area contributed by atoms with Crippen molar-refractivity contribution in [1.29, 1.82) is 0 Å². The van der Waals surface area contributed by atoms with Crippen molar-refractivity contribution < 1.29 is 14.3 Å². The van der Waals surface area contributed by atoms with Gasteiger partial charge in [0.25, 0.3) is 0 Å². The molecule has 0 radical (unpaired) electrons. The zero-order chi connectivity index (χ0) is 18.3. The van der Waals surface area contributed by atoms with E-state index in [2.05, 4.69) is 16.7 Å². The summed E-state index contributed by atoms with van der Waals surface area (Å²) in [6.07, 6.45) is 7.42. The van der Waals surface area contributed by atoms with E-state index in [4.69, 9.17) is 4.74 Å². The lowest BCUT2D eigenvalue weighted by atomic mass is 9.64. The highest BCUT2D eigenvalue weighted by Crippen LogP contribution is 2.50. The van der Waals surface area contributed by atoms with Crippen molar-refractivity contribution in [2.75, 3.05) is 32.8 Å². The Kier molecular flexibility index (Phi) is 4.88. The first kappa shape index (κ1) is 18.1. The highest BCUT2D eigenvalue weighted by Gasteiger charge is 2.51. The van der Waals surface area contributed by atoms with Crippen molar-refractivity contribution in [2.24, 2.45) is 5.41 Å². The average Bonchev–Trinajstić information content (AvgIpc) is 3.19. The number of hydrogen-bond donors (Lipinski definition) is 0. The zero-order valence-electron chi connectivity index (χ0n) is 16.3. The number of rotatable bonds is 3. The first-order valence-electron chi connectivity index (χ1n) is 10.5. The number of ether oxygens (including phenoxy) is 1. The van der Waals surface area contributed by atoms with Gasteiger partial charge in [0.2, 0.25) is 5.91 Å². The largest absolute Gasteiger partial charge is 0.450 e. The number of nitrogens with zero attached hydrogens (tertiary/aromatic N) is 3. The highest BCUT2D eigenvalue weighted by atomic mass is 16.6. The number of piperidine rings is 1. The summed E-state index contributed by atoms with van der Waals surface area (Å²) in [5.74, 6) is 0.364. The summed E-state index contributed by atoms with van der Waals surface area (Å²) in [7, 11) is 0. The third-order valence-electron chi connectivity index (χ3n) is 7.25. The number of likely N-dealkylation sites (tertiary alicyclic amines) is 3. The van der Waals surface area contributed by atoms with E-state index in [9.17, 15) is 9.59 Å². The van der Waals surface area contributed by atoms with Gasteiger partial charge in [-0.1, -0.05) is 0 Å². The molecule has 26 heavy (non-hydrogen) atoms. The highest BCUT2D eigenvalue weighted by molar-refractivity contribution is 5.79. The summed E-state index contributed by atoms with van der Waals surface area (Å²) in [5.41, 5.74) is 0.341. The third-order valence-corrected chi connectivity index (χ3v) is 7.25. The summed E-state index contributed by atoms with van der Waals surface area (Å²) in [5, 5.41) is 0. The predicted octanol–water partition coefficient (Wildman–Crippen LogP) is 2.47. The van der Waals surface area contributed by atoms with Crippen LogP contribution in [0.5, 0.6) is 0 Å². The van der Waals surface area contributed by atoms with Crippen LogP contribution in [0.2, 0.25) is 0 Å². The summed E-state index contributed by atoms with van der Waals surface area (Å²) >= 11 is 0. The number of amides is 2. The molecule has 6 heteroatoms. The third kappa shape index (κ3) is 3.21. The Morgan fingerprint density at radius 2 is 1.88 bits per heavy atom. The molecule has 3 heterocycles. The molecule has 0 aromatic heterocycles. The minimum Gasteiger partial charge on any atom is -0.450 e. The molecule has 0 aromatic carbocycles. The van der Waals surface area contributed by atoms with Crippen molar-refractivity contribution in [2.45, 2.75) is 76.9 Å². The summed E-state index contributed by atoms with van der Waals surface area (Å²) in [6.45, 7) is 8.47. The molecule has 1 unspecified atom stereocenters. The molecule has 0 bridgehead atoms. The van der Waals surface area contributed by atoms with Crippen molar-refractivity contribution >= 4 is 12.0 Å². The fraction of sp³-hybridized carbons (Fsp3) is 0.900. The van der Waals surface area contributed by atoms with E-state index in [1.54, 1.807) is 0 Å². The second-order valence-corrected chi connectivity index (χ2v) is 8.89. The number of hydrogen-bond acceptors (Lipinski definition) is 4. The molecule has 0 N–H and O–H groups in total. The quantitative estimate of drug-likeness (QED) is 0.773. The molecule has 1 atom stereocenters. The van der Waals surface area contributed by atoms with Crippen LogP contribution in [0.15, 0.2) is 0 Å². The number of carbonyl (C=O) groups excluding carboxylic acids is 2. The van der Waals surface area contributed by atoms with Gasteiger partial charge < -0.3 is 19.4 Å².